The topological polar surface area (TPSA) is 79.8 Å². The van der Waals surface area contributed by atoms with Gasteiger partial charge in [-0.3, -0.25) is 9.59 Å². The molecule has 0 saturated carbocycles. The van der Waals surface area contributed by atoms with Gasteiger partial charge in [0.25, 0.3) is 5.56 Å². The lowest BCUT2D eigenvalue weighted by atomic mass is 10.1. The first-order valence-corrected chi connectivity index (χ1v) is 8.15. The van der Waals surface area contributed by atoms with Crippen LogP contribution in [0.25, 0.3) is 11.0 Å². The highest BCUT2D eigenvalue weighted by Crippen LogP contribution is 2.31. The molecule has 0 bridgehead atoms. The highest BCUT2D eigenvalue weighted by atomic mass is 19.4. The number of aromatic nitrogens is 3. The number of amides is 1. The molecular weight excluding hydrogens is 361 g/mol. The molecule has 0 radical (unpaired) electrons. The summed E-state index contributed by atoms with van der Waals surface area (Å²) in [6.45, 7) is 2.83. The van der Waals surface area contributed by atoms with Gasteiger partial charge in [0.05, 0.1) is 11.0 Å². The van der Waals surface area contributed by atoms with Gasteiger partial charge in [0, 0.05) is 17.8 Å². The molecule has 6 nitrogen and oxygen atoms in total. The van der Waals surface area contributed by atoms with Crippen LogP contribution in [-0.2, 0) is 24.1 Å². The largest absolute Gasteiger partial charge is 0.449 e. The molecule has 0 aliphatic rings. The molecule has 0 atom stereocenters. The Bertz CT molecular complexity index is 1070. The second-order valence-corrected chi connectivity index (χ2v) is 6.23. The van der Waals surface area contributed by atoms with E-state index >= 15 is 0 Å². The molecule has 2 aromatic heterocycles. The number of rotatable bonds is 4. The van der Waals surface area contributed by atoms with Crippen molar-refractivity contribution in [2.75, 3.05) is 0 Å². The Balaban J connectivity index is 1.84. The van der Waals surface area contributed by atoms with Gasteiger partial charge < -0.3 is 14.9 Å². The normalized spacial score (nSPS) is 11.7. The van der Waals surface area contributed by atoms with Gasteiger partial charge in [0.15, 0.2) is 0 Å². The number of nitrogens with one attached hydrogen (secondary N) is 2. The smallest absolute Gasteiger partial charge is 0.350 e. The zero-order valence-corrected chi connectivity index (χ0v) is 14.6. The van der Waals surface area contributed by atoms with Crippen LogP contribution in [0.2, 0.25) is 0 Å². The molecule has 1 amide bonds. The number of benzene rings is 1. The van der Waals surface area contributed by atoms with E-state index in [1.807, 2.05) is 0 Å². The van der Waals surface area contributed by atoms with Gasteiger partial charge in [-0.2, -0.15) is 13.2 Å². The molecule has 0 spiro atoms. The number of carbonyl (C=O) groups is 1. The summed E-state index contributed by atoms with van der Waals surface area (Å²) in [5.74, 6) is -1.79. The second kappa shape index (κ2) is 6.90. The third-order valence-corrected chi connectivity index (χ3v) is 4.17. The molecule has 0 aliphatic carbocycles. The van der Waals surface area contributed by atoms with E-state index in [0.29, 0.717) is 16.8 Å². The number of nitrogens with zero attached hydrogens (tertiary/aromatic N) is 2. The van der Waals surface area contributed by atoms with Crippen molar-refractivity contribution in [1.29, 1.82) is 0 Å². The first kappa shape index (κ1) is 18.7. The van der Waals surface area contributed by atoms with Crippen molar-refractivity contribution in [3.63, 3.8) is 0 Å². The number of H-pyrrole nitrogens is 1. The van der Waals surface area contributed by atoms with Crippen molar-refractivity contribution in [2.45, 2.75) is 33.1 Å². The fraction of sp³-hybridized carbons (Fsp3) is 0.278. The molecule has 0 fully saturated rings. The van der Waals surface area contributed by atoms with Crippen molar-refractivity contribution in [1.82, 2.24) is 19.9 Å². The number of hydrogen-bond donors (Lipinski definition) is 2. The van der Waals surface area contributed by atoms with Crippen LogP contribution in [0.1, 0.15) is 22.6 Å². The maximum Gasteiger partial charge on any atom is 0.449 e. The molecule has 0 saturated heterocycles. The van der Waals surface area contributed by atoms with Crippen LogP contribution < -0.4 is 10.9 Å². The van der Waals surface area contributed by atoms with Gasteiger partial charge >= 0.3 is 6.18 Å². The number of fused-ring (bicyclic) bond motifs is 1. The Kier molecular flexibility index (Phi) is 4.77. The van der Waals surface area contributed by atoms with Crippen LogP contribution in [0.5, 0.6) is 0 Å². The average Bonchev–Trinajstić information content (AvgIpc) is 2.93. The fourth-order valence-electron chi connectivity index (χ4n) is 2.94. The van der Waals surface area contributed by atoms with E-state index in [9.17, 15) is 22.8 Å². The lowest BCUT2D eigenvalue weighted by Crippen LogP contribution is -2.31. The summed E-state index contributed by atoms with van der Waals surface area (Å²) in [7, 11) is 0. The standard InChI is InChI=1S/C18H17F3N4O2/c1-10-7-11(2)23-16(27)12(10)8-22-15(26)9-25-14-6-4-3-5-13(14)24-17(25)18(19,20)21/h3-7H,8-9H2,1-2H3,(H,22,26)(H,23,27). The number of para-hydroxylation sites is 2. The van der Waals surface area contributed by atoms with Gasteiger partial charge in [-0.15, -0.1) is 0 Å². The fourth-order valence-corrected chi connectivity index (χ4v) is 2.94. The van der Waals surface area contributed by atoms with E-state index in [0.717, 1.165) is 4.57 Å². The van der Waals surface area contributed by atoms with Crippen LogP contribution >= 0.6 is 0 Å². The van der Waals surface area contributed by atoms with E-state index in [2.05, 4.69) is 15.3 Å². The number of aromatic amines is 1. The van der Waals surface area contributed by atoms with Crippen molar-refractivity contribution >= 4 is 16.9 Å². The molecule has 1 aromatic carbocycles. The molecule has 142 valence electrons. The molecular formula is C18H17F3N4O2. The Morgan fingerprint density at radius 3 is 2.63 bits per heavy atom. The summed E-state index contributed by atoms with van der Waals surface area (Å²) in [6.07, 6.45) is -4.69. The second-order valence-electron chi connectivity index (χ2n) is 6.23. The summed E-state index contributed by atoms with van der Waals surface area (Å²) in [6, 6.07) is 7.84. The van der Waals surface area contributed by atoms with Crippen molar-refractivity contribution in [3.05, 3.63) is 63.3 Å². The number of carbonyl (C=O) groups excluding carboxylic acids is 1. The van der Waals surface area contributed by atoms with E-state index in [-0.39, 0.29) is 23.1 Å². The van der Waals surface area contributed by atoms with Crippen molar-refractivity contribution < 1.29 is 18.0 Å². The van der Waals surface area contributed by atoms with E-state index in [1.165, 1.54) is 12.1 Å². The molecule has 0 aliphatic heterocycles. The number of hydrogen-bond acceptors (Lipinski definition) is 3. The van der Waals surface area contributed by atoms with E-state index in [4.69, 9.17) is 0 Å². The SMILES string of the molecule is Cc1cc(C)c(CNC(=O)Cn2c(C(F)(F)F)nc3ccccc32)c(=O)[nH]1. The lowest BCUT2D eigenvalue weighted by molar-refractivity contribution is -0.147. The van der Waals surface area contributed by atoms with Gasteiger partial charge in [-0.25, -0.2) is 4.98 Å². The van der Waals surface area contributed by atoms with Gasteiger partial charge in [0.1, 0.15) is 6.54 Å². The Morgan fingerprint density at radius 2 is 1.96 bits per heavy atom. The minimum atomic E-state index is -4.69. The predicted octanol–water partition coefficient (Wildman–Crippen LogP) is 2.68. The Morgan fingerprint density at radius 1 is 1.26 bits per heavy atom. The number of aryl methyl sites for hydroxylation is 2. The van der Waals surface area contributed by atoms with Crippen LogP contribution in [0, 0.1) is 13.8 Å². The maximum atomic E-state index is 13.3. The minimum Gasteiger partial charge on any atom is -0.350 e. The van der Waals surface area contributed by atoms with Crippen LogP contribution in [-0.4, -0.2) is 20.4 Å². The maximum absolute atomic E-state index is 13.3. The summed E-state index contributed by atoms with van der Waals surface area (Å²) in [5.41, 5.74) is 1.78. The third kappa shape index (κ3) is 3.86. The zero-order chi connectivity index (χ0) is 19.8. The molecule has 3 aromatic rings. The van der Waals surface area contributed by atoms with Crippen LogP contribution in [0.3, 0.4) is 0 Å². The van der Waals surface area contributed by atoms with Crippen molar-refractivity contribution in [3.8, 4) is 0 Å². The minimum absolute atomic E-state index is 0.0751. The first-order chi connectivity index (χ1) is 12.7. The van der Waals surface area contributed by atoms with E-state index < -0.39 is 24.5 Å². The molecule has 2 heterocycles. The monoisotopic (exact) mass is 378 g/mol. The van der Waals surface area contributed by atoms with Gasteiger partial charge in [-0.1, -0.05) is 12.1 Å². The molecule has 3 rings (SSSR count). The van der Waals surface area contributed by atoms with Gasteiger partial charge in [0.2, 0.25) is 11.7 Å². The lowest BCUT2D eigenvalue weighted by Gasteiger charge is -2.12. The number of pyridine rings is 1. The van der Waals surface area contributed by atoms with Gasteiger partial charge in [-0.05, 0) is 37.6 Å². The summed E-state index contributed by atoms with van der Waals surface area (Å²) in [5, 5.41) is 2.51. The number of halogens is 3. The Hall–Kier alpha value is -3.10. The molecule has 0 unspecified atom stereocenters. The summed E-state index contributed by atoms with van der Waals surface area (Å²) < 4.78 is 40.6. The zero-order valence-electron chi connectivity index (χ0n) is 14.6. The summed E-state index contributed by atoms with van der Waals surface area (Å²) in [4.78, 5) is 30.5. The quantitative estimate of drug-likeness (QED) is 0.733. The predicted molar refractivity (Wildman–Crippen MR) is 93.1 cm³/mol. The van der Waals surface area contributed by atoms with Crippen LogP contribution in [0.15, 0.2) is 35.1 Å². The highest BCUT2D eigenvalue weighted by Gasteiger charge is 2.37. The third-order valence-electron chi connectivity index (χ3n) is 4.17. The summed E-state index contributed by atoms with van der Waals surface area (Å²) >= 11 is 0. The number of imidazole rings is 1. The van der Waals surface area contributed by atoms with Crippen LogP contribution in [0.4, 0.5) is 13.2 Å². The van der Waals surface area contributed by atoms with Crippen molar-refractivity contribution in [2.24, 2.45) is 0 Å². The molecule has 9 heteroatoms. The first-order valence-electron chi connectivity index (χ1n) is 8.15. The highest BCUT2D eigenvalue weighted by molar-refractivity contribution is 5.81. The van der Waals surface area contributed by atoms with E-state index in [1.54, 1.807) is 32.0 Å². The molecule has 27 heavy (non-hydrogen) atoms. The molecule has 2 N–H and O–H groups in total. The number of alkyl halides is 3. The Labute approximate surface area is 152 Å². The average molecular weight is 378 g/mol.